The molecule has 0 aliphatic heterocycles. The van der Waals surface area contributed by atoms with Crippen LogP contribution in [0.15, 0.2) is 30.6 Å². The molecule has 0 bridgehead atoms. The summed E-state index contributed by atoms with van der Waals surface area (Å²) >= 11 is 0. The highest BCUT2D eigenvalue weighted by Crippen LogP contribution is 2.16. The van der Waals surface area contributed by atoms with Crippen LogP contribution in [-0.4, -0.2) is 21.2 Å². The third-order valence-corrected chi connectivity index (χ3v) is 2.95. The van der Waals surface area contributed by atoms with Crippen molar-refractivity contribution < 1.29 is 9.18 Å². The number of rotatable bonds is 4. The molecule has 21 heavy (non-hydrogen) atoms. The lowest BCUT2D eigenvalue weighted by Crippen LogP contribution is -2.35. The monoisotopic (exact) mass is 290 g/mol. The minimum absolute atomic E-state index is 0.0342. The van der Waals surface area contributed by atoms with Gasteiger partial charge in [0.15, 0.2) is 0 Å². The molecule has 1 aromatic carbocycles. The molecule has 2 rings (SSSR count). The maximum Gasteiger partial charge on any atom is 0.251 e. The summed E-state index contributed by atoms with van der Waals surface area (Å²) in [6, 6.07) is 4.91. The van der Waals surface area contributed by atoms with E-state index in [-0.39, 0.29) is 16.8 Å². The molecule has 1 aromatic heterocycles. The Bertz CT molecular complexity index is 658. The minimum Gasteiger partial charge on any atom is -0.366 e. The Labute approximate surface area is 123 Å². The molecule has 0 fully saturated rings. The molecule has 112 valence electrons. The summed E-state index contributed by atoms with van der Waals surface area (Å²) in [6.45, 7) is 6.72. The summed E-state index contributed by atoms with van der Waals surface area (Å²) in [4.78, 5) is 11.0. The number of aromatic nitrogens is 2. The van der Waals surface area contributed by atoms with Gasteiger partial charge < -0.3 is 11.1 Å². The molecule has 1 heterocycles. The lowest BCUT2D eigenvalue weighted by molar-refractivity contribution is 0.100. The van der Waals surface area contributed by atoms with Gasteiger partial charge in [0, 0.05) is 18.3 Å². The first kappa shape index (κ1) is 15.2. The van der Waals surface area contributed by atoms with Crippen molar-refractivity contribution >= 4 is 5.91 Å². The summed E-state index contributed by atoms with van der Waals surface area (Å²) in [6.07, 6.45) is 2.73. The Morgan fingerprint density at radius 2 is 2.14 bits per heavy atom. The number of hydrogen-bond acceptors (Lipinski definition) is 3. The van der Waals surface area contributed by atoms with Gasteiger partial charge in [-0.3, -0.25) is 4.79 Å². The Morgan fingerprint density at radius 1 is 1.43 bits per heavy atom. The standard InChI is InChI=1S/C15H19FN4O/c1-15(2,3)18-7-10-4-5-13(12(16)6-10)20-9-11(8-19-20)14(17)21/h4-6,8-9,18H,7H2,1-3H3,(H2,17,21). The van der Waals surface area contributed by atoms with Gasteiger partial charge in [0.05, 0.1) is 11.8 Å². The number of benzene rings is 1. The number of primary amides is 1. The molecule has 0 aliphatic carbocycles. The van der Waals surface area contributed by atoms with Crippen molar-refractivity contribution in [3.63, 3.8) is 0 Å². The minimum atomic E-state index is -0.590. The highest BCUT2D eigenvalue weighted by molar-refractivity contribution is 5.92. The van der Waals surface area contributed by atoms with Gasteiger partial charge in [-0.2, -0.15) is 5.10 Å². The number of hydrogen-bond donors (Lipinski definition) is 2. The van der Waals surface area contributed by atoms with Crippen LogP contribution in [0.25, 0.3) is 5.69 Å². The lowest BCUT2D eigenvalue weighted by Gasteiger charge is -2.20. The molecule has 3 N–H and O–H groups in total. The molecule has 5 nitrogen and oxygen atoms in total. The smallest absolute Gasteiger partial charge is 0.251 e. The molecule has 0 saturated heterocycles. The van der Waals surface area contributed by atoms with Crippen molar-refractivity contribution in [2.24, 2.45) is 5.73 Å². The van der Waals surface area contributed by atoms with E-state index in [9.17, 15) is 9.18 Å². The van der Waals surface area contributed by atoms with Gasteiger partial charge in [-0.25, -0.2) is 9.07 Å². The average Bonchev–Trinajstić information content (AvgIpc) is 2.85. The predicted octanol–water partition coefficient (Wildman–Crippen LogP) is 2.00. The maximum absolute atomic E-state index is 14.2. The number of nitrogens with two attached hydrogens (primary N) is 1. The summed E-state index contributed by atoms with van der Waals surface area (Å²) < 4.78 is 15.5. The fourth-order valence-corrected chi connectivity index (χ4v) is 1.80. The van der Waals surface area contributed by atoms with E-state index in [1.54, 1.807) is 6.07 Å². The molecular weight excluding hydrogens is 271 g/mol. The Kier molecular flexibility index (Phi) is 4.09. The van der Waals surface area contributed by atoms with Gasteiger partial charge in [0.25, 0.3) is 5.91 Å². The van der Waals surface area contributed by atoms with E-state index >= 15 is 0 Å². The van der Waals surface area contributed by atoms with Crippen molar-refractivity contribution in [3.8, 4) is 5.69 Å². The fourth-order valence-electron chi connectivity index (χ4n) is 1.80. The molecule has 0 unspecified atom stereocenters. The quantitative estimate of drug-likeness (QED) is 0.904. The molecule has 6 heteroatoms. The Morgan fingerprint density at radius 3 is 2.67 bits per heavy atom. The number of halogens is 1. The van der Waals surface area contributed by atoms with Crippen molar-refractivity contribution in [2.75, 3.05) is 0 Å². The van der Waals surface area contributed by atoms with Crippen molar-refractivity contribution in [2.45, 2.75) is 32.9 Å². The van der Waals surface area contributed by atoms with Crippen LogP contribution in [0, 0.1) is 5.82 Å². The van der Waals surface area contributed by atoms with Crippen LogP contribution in [0.3, 0.4) is 0 Å². The summed E-state index contributed by atoms with van der Waals surface area (Å²) in [5.74, 6) is -0.991. The number of nitrogens with one attached hydrogen (secondary N) is 1. The van der Waals surface area contributed by atoms with Gasteiger partial charge in [0.1, 0.15) is 11.5 Å². The largest absolute Gasteiger partial charge is 0.366 e. The van der Waals surface area contributed by atoms with Gasteiger partial charge in [-0.15, -0.1) is 0 Å². The highest BCUT2D eigenvalue weighted by Gasteiger charge is 2.12. The van der Waals surface area contributed by atoms with Gasteiger partial charge >= 0.3 is 0 Å². The van der Waals surface area contributed by atoms with Gasteiger partial charge in [-0.1, -0.05) is 6.07 Å². The van der Waals surface area contributed by atoms with Crippen LogP contribution in [-0.2, 0) is 6.54 Å². The van der Waals surface area contributed by atoms with Crippen molar-refractivity contribution in [3.05, 3.63) is 47.5 Å². The van der Waals surface area contributed by atoms with E-state index in [2.05, 4.69) is 10.4 Å². The third-order valence-electron chi connectivity index (χ3n) is 2.95. The zero-order valence-corrected chi connectivity index (χ0v) is 12.4. The SMILES string of the molecule is CC(C)(C)NCc1ccc(-n2cc(C(N)=O)cn2)c(F)c1. The molecule has 0 atom stereocenters. The zero-order chi connectivity index (χ0) is 15.6. The van der Waals surface area contributed by atoms with E-state index in [1.807, 2.05) is 26.8 Å². The lowest BCUT2D eigenvalue weighted by atomic mass is 10.1. The summed E-state index contributed by atoms with van der Waals surface area (Å²) in [5.41, 5.74) is 6.48. The van der Waals surface area contributed by atoms with Crippen LogP contribution in [0.4, 0.5) is 4.39 Å². The molecular formula is C15H19FN4O. The topological polar surface area (TPSA) is 72.9 Å². The Hall–Kier alpha value is -2.21. The molecule has 0 spiro atoms. The summed E-state index contributed by atoms with van der Waals surface area (Å²) in [7, 11) is 0. The highest BCUT2D eigenvalue weighted by atomic mass is 19.1. The number of amides is 1. The first-order valence-electron chi connectivity index (χ1n) is 6.64. The number of carbonyl (C=O) groups is 1. The third kappa shape index (κ3) is 3.88. The second-order valence-corrected chi connectivity index (χ2v) is 5.93. The van der Waals surface area contributed by atoms with E-state index in [0.29, 0.717) is 6.54 Å². The van der Waals surface area contributed by atoms with Crippen LogP contribution in [0.2, 0.25) is 0 Å². The number of nitrogens with zero attached hydrogens (tertiary/aromatic N) is 2. The molecule has 0 radical (unpaired) electrons. The van der Waals surface area contributed by atoms with E-state index in [4.69, 9.17) is 5.73 Å². The fraction of sp³-hybridized carbons (Fsp3) is 0.333. The van der Waals surface area contributed by atoms with Crippen molar-refractivity contribution in [1.82, 2.24) is 15.1 Å². The zero-order valence-electron chi connectivity index (χ0n) is 12.4. The molecule has 2 aromatic rings. The van der Waals surface area contributed by atoms with Crippen LogP contribution < -0.4 is 11.1 Å². The van der Waals surface area contributed by atoms with Gasteiger partial charge in [0.2, 0.25) is 0 Å². The first-order chi connectivity index (χ1) is 9.76. The average molecular weight is 290 g/mol. The molecule has 0 aliphatic rings. The summed E-state index contributed by atoms with van der Waals surface area (Å²) in [5, 5.41) is 7.24. The van der Waals surface area contributed by atoms with Crippen LogP contribution in [0.5, 0.6) is 0 Å². The molecule has 1 amide bonds. The van der Waals surface area contributed by atoms with Crippen LogP contribution in [0.1, 0.15) is 36.7 Å². The molecule has 0 saturated carbocycles. The maximum atomic E-state index is 14.2. The van der Waals surface area contributed by atoms with E-state index < -0.39 is 11.7 Å². The van der Waals surface area contributed by atoms with E-state index in [0.717, 1.165) is 5.56 Å². The Balaban J connectivity index is 2.20. The predicted molar refractivity (Wildman–Crippen MR) is 78.6 cm³/mol. The second kappa shape index (κ2) is 5.65. The van der Waals surface area contributed by atoms with E-state index in [1.165, 1.54) is 23.1 Å². The first-order valence-corrected chi connectivity index (χ1v) is 6.64. The van der Waals surface area contributed by atoms with Crippen LogP contribution >= 0.6 is 0 Å². The van der Waals surface area contributed by atoms with Gasteiger partial charge in [-0.05, 0) is 38.5 Å². The van der Waals surface area contributed by atoms with Crippen molar-refractivity contribution in [1.29, 1.82) is 0 Å². The number of carbonyl (C=O) groups excluding carboxylic acids is 1. The normalized spacial score (nSPS) is 11.6. The second-order valence-electron chi connectivity index (χ2n) is 5.93.